The van der Waals surface area contributed by atoms with Crippen molar-refractivity contribution in [3.63, 3.8) is 0 Å². The average Bonchev–Trinajstić information content (AvgIpc) is 3.12. The second-order valence-electron chi connectivity index (χ2n) is 5.22. The van der Waals surface area contributed by atoms with Gasteiger partial charge in [-0.05, 0) is 31.9 Å². The summed E-state index contributed by atoms with van der Waals surface area (Å²) in [5.74, 6) is -1.33. The minimum absolute atomic E-state index is 0.356. The summed E-state index contributed by atoms with van der Waals surface area (Å²) in [6.45, 7) is 1.92. The van der Waals surface area contributed by atoms with Gasteiger partial charge in [0.25, 0.3) is 5.91 Å². The number of hydrogen-bond acceptors (Lipinski definition) is 4. The van der Waals surface area contributed by atoms with E-state index in [1.54, 1.807) is 18.2 Å². The van der Waals surface area contributed by atoms with Crippen LogP contribution in [0.3, 0.4) is 0 Å². The van der Waals surface area contributed by atoms with Crippen molar-refractivity contribution in [3.8, 4) is 10.6 Å². The van der Waals surface area contributed by atoms with E-state index < -0.39 is 11.5 Å². The lowest BCUT2D eigenvalue weighted by Gasteiger charge is -2.12. The van der Waals surface area contributed by atoms with Gasteiger partial charge in [0, 0.05) is 22.2 Å². The van der Waals surface area contributed by atoms with E-state index in [-0.39, 0.29) is 5.91 Å². The number of aryl methyl sites for hydroxylation is 1. The van der Waals surface area contributed by atoms with E-state index in [9.17, 15) is 9.59 Å². The summed E-state index contributed by atoms with van der Waals surface area (Å²) in [4.78, 5) is 27.7. The molecule has 0 atom stereocenters. The number of aromatic nitrogens is 1. The Morgan fingerprint density at radius 1 is 1.38 bits per heavy atom. The van der Waals surface area contributed by atoms with Crippen LogP contribution in [-0.2, 0) is 4.79 Å². The molecule has 1 aliphatic carbocycles. The molecular weight excluding hydrogens is 288 g/mol. The zero-order valence-electron chi connectivity index (χ0n) is 11.4. The van der Waals surface area contributed by atoms with Crippen LogP contribution in [0.1, 0.15) is 28.9 Å². The van der Waals surface area contributed by atoms with Gasteiger partial charge in [-0.25, -0.2) is 9.78 Å². The van der Waals surface area contributed by atoms with Gasteiger partial charge in [0.1, 0.15) is 10.5 Å². The first-order valence-corrected chi connectivity index (χ1v) is 7.47. The summed E-state index contributed by atoms with van der Waals surface area (Å²) >= 11 is 1.52. The normalized spacial score (nSPS) is 15.5. The summed E-state index contributed by atoms with van der Waals surface area (Å²) in [6, 6.07) is 7.09. The Bertz CT molecular complexity index is 719. The second kappa shape index (κ2) is 4.96. The summed E-state index contributed by atoms with van der Waals surface area (Å²) in [6.07, 6.45) is 0.971. The topological polar surface area (TPSA) is 79.3 Å². The minimum Gasteiger partial charge on any atom is -0.480 e. The minimum atomic E-state index is -1.06. The van der Waals surface area contributed by atoms with Gasteiger partial charge in [0.15, 0.2) is 0 Å². The lowest BCUT2D eigenvalue weighted by molar-refractivity contribution is -0.140. The number of amides is 1. The van der Waals surface area contributed by atoms with E-state index in [2.05, 4.69) is 10.3 Å². The molecule has 108 valence electrons. The fraction of sp³-hybridized carbons (Fsp3) is 0.267. The van der Waals surface area contributed by atoms with Gasteiger partial charge >= 0.3 is 5.97 Å². The Morgan fingerprint density at radius 3 is 2.71 bits per heavy atom. The van der Waals surface area contributed by atoms with Crippen LogP contribution in [0.5, 0.6) is 0 Å². The van der Waals surface area contributed by atoms with Crippen molar-refractivity contribution in [2.24, 2.45) is 0 Å². The van der Waals surface area contributed by atoms with E-state index in [0.29, 0.717) is 18.4 Å². The molecule has 6 heteroatoms. The first kappa shape index (κ1) is 13.8. The molecule has 1 aromatic carbocycles. The molecule has 5 nitrogen and oxygen atoms in total. The summed E-state index contributed by atoms with van der Waals surface area (Å²) in [7, 11) is 0. The highest BCUT2D eigenvalue weighted by Gasteiger charge is 2.51. The molecule has 1 saturated carbocycles. The molecule has 0 unspecified atom stereocenters. The third kappa shape index (κ3) is 2.67. The molecule has 1 aromatic heterocycles. The number of hydrogen-bond donors (Lipinski definition) is 2. The third-order valence-electron chi connectivity index (χ3n) is 3.50. The predicted molar refractivity (Wildman–Crippen MR) is 79.4 cm³/mol. The Morgan fingerprint density at radius 2 is 2.14 bits per heavy atom. The number of carbonyl (C=O) groups excluding carboxylic acids is 1. The fourth-order valence-corrected chi connectivity index (χ4v) is 2.88. The van der Waals surface area contributed by atoms with Crippen LogP contribution in [0.25, 0.3) is 10.6 Å². The lowest BCUT2D eigenvalue weighted by atomic mass is 10.1. The standard InChI is InChI=1S/C15H14N2O3S/c1-9-8-21-13(16-9)11-4-2-3-10(7-11)12(18)17-15(5-6-15)14(19)20/h2-4,7-8H,5-6H2,1H3,(H,17,18)(H,19,20). The number of benzene rings is 1. The number of thiazole rings is 1. The molecule has 1 heterocycles. The first-order chi connectivity index (χ1) is 10.00. The van der Waals surface area contributed by atoms with Crippen LogP contribution in [-0.4, -0.2) is 27.5 Å². The van der Waals surface area contributed by atoms with E-state index in [1.807, 2.05) is 18.4 Å². The van der Waals surface area contributed by atoms with Gasteiger partial charge in [-0.1, -0.05) is 12.1 Å². The maximum atomic E-state index is 12.2. The van der Waals surface area contributed by atoms with Crippen LogP contribution in [0.4, 0.5) is 0 Å². The van der Waals surface area contributed by atoms with Gasteiger partial charge in [0.2, 0.25) is 0 Å². The number of aliphatic carboxylic acids is 1. The monoisotopic (exact) mass is 302 g/mol. The van der Waals surface area contributed by atoms with E-state index in [0.717, 1.165) is 16.3 Å². The second-order valence-corrected chi connectivity index (χ2v) is 6.07. The molecule has 0 aliphatic heterocycles. The fourth-order valence-electron chi connectivity index (χ4n) is 2.09. The SMILES string of the molecule is Cc1csc(-c2cccc(C(=O)NC3(C(=O)O)CC3)c2)n1. The maximum absolute atomic E-state index is 12.2. The number of carbonyl (C=O) groups is 2. The Hall–Kier alpha value is -2.21. The van der Waals surface area contributed by atoms with E-state index >= 15 is 0 Å². The molecular formula is C15H14N2O3S. The lowest BCUT2D eigenvalue weighted by Crippen LogP contribution is -2.43. The van der Waals surface area contributed by atoms with Crippen molar-refractivity contribution < 1.29 is 14.7 Å². The number of carboxylic acid groups (broad SMARTS) is 1. The van der Waals surface area contributed by atoms with Crippen molar-refractivity contribution in [1.29, 1.82) is 0 Å². The van der Waals surface area contributed by atoms with Crippen molar-refractivity contribution >= 4 is 23.2 Å². The molecule has 1 fully saturated rings. The highest BCUT2D eigenvalue weighted by molar-refractivity contribution is 7.13. The molecule has 3 rings (SSSR count). The van der Waals surface area contributed by atoms with Crippen molar-refractivity contribution in [1.82, 2.24) is 10.3 Å². The highest BCUT2D eigenvalue weighted by atomic mass is 32.1. The molecule has 1 aliphatic rings. The molecule has 0 bridgehead atoms. The van der Waals surface area contributed by atoms with Gasteiger partial charge in [-0.3, -0.25) is 4.79 Å². The van der Waals surface area contributed by atoms with Crippen LogP contribution in [0.2, 0.25) is 0 Å². The quantitative estimate of drug-likeness (QED) is 0.909. The third-order valence-corrected chi connectivity index (χ3v) is 4.51. The summed E-state index contributed by atoms with van der Waals surface area (Å²) in [5.41, 5.74) is 1.19. The molecule has 1 amide bonds. The van der Waals surface area contributed by atoms with Gasteiger partial charge < -0.3 is 10.4 Å². The van der Waals surface area contributed by atoms with Gasteiger partial charge in [-0.2, -0.15) is 0 Å². The number of nitrogens with one attached hydrogen (secondary N) is 1. The Kier molecular flexibility index (Phi) is 3.25. The molecule has 0 spiro atoms. The Balaban J connectivity index is 1.83. The molecule has 2 aromatic rings. The van der Waals surface area contributed by atoms with Gasteiger partial charge in [-0.15, -0.1) is 11.3 Å². The first-order valence-electron chi connectivity index (χ1n) is 6.59. The molecule has 0 radical (unpaired) electrons. The van der Waals surface area contributed by atoms with E-state index in [1.165, 1.54) is 11.3 Å². The Labute approximate surface area is 125 Å². The van der Waals surface area contributed by atoms with Crippen LogP contribution in [0, 0.1) is 6.92 Å². The molecule has 21 heavy (non-hydrogen) atoms. The van der Waals surface area contributed by atoms with Gasteiger partial charge in [0.05, 0.1) is 0 Å². The average molecular weight is 302 g/mol. The van der Waals surface area contributed by atoms with Crippen molar-refractivity contribution in [2.75, 3.05) is 0 Å². The summed E-state index contributed by atoms with van der Waals surface area (Å²) < 4.78 is 0. The highest BCUT2D eigenvalue weighted by Crippen LogP contribution is 2.36. The van der Waals surface area contributed by atoms with Crippen LogP contribution < -0.4 is 5.32 Å². The largest absolute Gasteiger partial charge is 0.480 e. The van der Waals surface area contributed by atoms with Crippen molar-refractivity contribution in [3.05, 3.63) is 40.9 Å². The van der Waals surface area contributed by atoms with Crippen LogP contribution in [0.15, 0.2) is 29.6 Å². The van der Waals surface area contributed by atoms with Crippen molar-refractivity contribution in [2.45, 2.75) is 25.3 Å². The number of carboxylic acids is 1. The van der Waals surface area contributed by atoms with E-state index in [4.69, 9.17) is 5.11 Å². The van der Waals surface area contributed by atoms with Crippen LogP contribution >= 0.6 is 11.3 Å². The molecule has 0 saturated heterocycles. The summed E-state index contributed by atoms with van der Waals surface area (Å²) in [5, 5.41) is 14.5. The predicted octanol–water partition coefficient (Wildman–Crippen LogP) is 2.47. The molecule has 2 N–H and O–H groups in total. The maximum Gasteiger partial charge on any atom is 0.329 e. The number of rotatable bonds is 4. The number of nitrogens with zero attached hydrogens (tertiary/aromatic N) is 1. The smallest absolute Gasteiger partial charge is 0.329 e. The zero-order chi connectivity index (χ0) is 15.0. The zero-order valence-corrected chi connectivity index (χ0v) is 12.2.